The van der Waals surface area contributed by atoms with Crippen molar-refractivity contribution in [1.82, 2.24) is 9.97 Å². The van der Waals surface area contributed by atoms with Crippen molar-refractivity contribution in [1.29, 1.82) is 0 Å². The van der Waals surface area contributed by atoms with Gasteiger partial charge in [-0.25, -0.2) is 9.97 Å². The summed E-state index contributed by atoms with van der Waals surface area (Å²) >= 11 is 9.38. The fourth-order valence-electron chi connectivity index (χ4n) is 1.29. The topological polar surface area (TPSA) is 37.8 Å². The maximum absolute atomic E-state index is 5.93. The number of hydrogen-bond donors (Lipinski definition) is 1. The van der Waals surface area contributed by atoms with Crippen LogP contribution in [0.2, 0.25) is 5.15 Å². The van der Waals surface area contributed by atoms with Crippen molar-refractivity contribution in [2.75, 3.05) is 23.1 Å². The lowest BCUT2D eigenvalue weighted by Gasteiger charge is -2.14. The Morgan fingerprint density at radius 1 is 1.47 bits per heavy atom. The predicted molar refractivity (Wildman–Crippen MR) is 79.5 cm³/mol. The van der Waals surface area contributed by atoms with Crippen LogP contribution in [0.1, 0.15) is 20.3 Å². The number of nitrogens with one attached hydrogen (secondary N) is 1. The maximum Gasteiger partial charge on any atom is 0.190 e. The number of anilines is 1. The molecule has 0 amide bonds. The van der Waals surface area contributed by atoms with Gasteiger partial charge in [-0.05, 0) is 31.1 Å². The third-order valence-electron chi connectivity index (χ3n) is 2.15. The molecule has 1 rings (SSSR count). The molecule has 1 aromatic rings. The molecule has 96 valence electrons. The molecule has 0 aromatic carbocycles. The average Bonchev–Trinajstić information content (AvgIpc) is 2.28. The first-order valence-corrected chi connectivity index (χ1v) is 8.34. The Balaban J connectivity index is 2.52. The van der Waals surface area contributed by atoms with E-state index in [0.717, 1.165) is 12.2 Å². The minimum atomic E-state index is 0.398. The van der Waals surface area contributed by atoms with Crippen molar-refractivity contribution < 1.29 is 0 Å². The second-order valence-electron chi connectivity index (χ2n) is 3.59. The molecule has 0 bridgehead atoms. The number of hydrogen-bond acceptors (Lipinski definition) is 5. The summed E-state index contributed by atoms with van der Waals surface area (Å²) in [6.07, 6.45) is 3.06. The van der Waals surface area contributed by atoms with Gasteiger partial charge in [0.1, 0.15) is 11.0 Å². The third-order valence-corrected chi connectivity index (χ3v) is 3.82. The summed E-state index contributed by atoms with van der Waals surface area (Å²) in [6.45, 7) is 4.34. The van der Waals surface area contributed by atoms with Gasteiger partial charge in [-0.2, -0.15) is 11.8 Å². The van der Waals surface area contributed by atoms with Gasteiger partial charge in [-0.15, -0.1) is 0 Å². The second kappa shape index (κ2) is 8.06. The van der Waals surface area contributed by atoms with E-state index in [-0.39, 0.29) is 0 Å². The van der Waals surface area contributed by atoms with Crippen molar-refractivity contribution in [3.63, 3.8) is 0 Å². The van der Waals surface area contributed by atoms with Crippen LogP contribution in [0, 0.1) is 0 Å². The third kappa shape index (κ3) is 5.84. The van der Waals surface area contributed by atoms with E-state index in [1.165, 1.54) is 23.3 Å². The van der Waals surface area contributed by atoms with Crippen molar-refractivity contribution >= 4 is 40.9 Å². The summed E-state index contributed by atoms with van der Waals surface area (Å²) in [5.41, 5.74) is 0. The smallest absolute Gasteiger partial charge is 0.190 e. The number of aromatic nitrogens is 2. The van der Waals surface area contributed by atoms with Crippen LogP contribution < -0.4 is 5.32 Å². The van der Waals surface area contributed by atoms with Crippen molar-refractivity contribution in [2.45, 2.75) is 31.5 Å². The van der Waals surface area contributed by atoms with Crippen LogP contribution in [-0.2, 0) is 0 Å². The minimum Gasteiger partial charge on any atom is -0.367 e. The molecule has 3 nitrogen and oxygen atoms in total. The van der Waals surface area contributed by atoms with Crippen LogP contribution in [0.25, 0.3) is 0 Å². The largest absolute Gasteiger partial charge is 0.367 e. The fraction of sp³-hybridized carbons (Fsp3) is 0.636. The molecule has 0 aliphatic heterocycles. The van der Waals surface area contributed by atoms with Crippen molar-refractivity contribution in [3.8, 4) is 0 Å². The number of nitrogens with zero attached hydrogens (tertiary/aromatic N) is 2. The van der Waals surface area contributed by atoms with Gasteiger partial charge in [-0.3, -0.25) is 0 Å². The van der Waals surface area contributed by atoms with Crippen LogP contribution >= 0.6 is 35.1 Å². The molecule has 0 saturated heterocycles. The molecule has 0 aliphatic rings. The Kier molecular flexibility index (Phi) is 7.08. The number of halogens is 1. The molecular formula is C11H18ClN3S2. The van der Waals surface area contributed by atoms with Crippen LogP contribution in [0.15, 0.2) is 11.2 Å². The zero-order valence-corrected chi connectivity index (χ0v) is 12.8. The Hall–Kier alpha value is -0.130. The van der Waals surface area contributed by atoms with Gasteiger partial charge in [0, 0.05) is 12.1 Å². The van der Waals surface area contributed by atoms with E-state index < -0.39 is 0 Å². The van der Waals surface area contributed by atoms with Gasteiger partial charge in [-0.1, -0.05) is 30.3 Å². The lowest BCUT2D eigenvalue weighted by Crippen LogP contribution is -2.17. The van der Waals surface area contributed by atoms with Crippen molar-refractivity contribution in [2.24, 2.45) is 0 Å². The summed E-state index contributed by atoms with van der Waals surface area (Å²) in [5.74, 6) is 3.14. The molecule has 0 saturated carbocycles. The Labute approximate surface area is 117 Å². The van der Waals surface area contributed by atoms with Gasteiger partial charge in [0.2, 0.25) is 0 Å². The number of thioether (sulfide) groups is 2. The minimum absolute atomic E-state index is 0.398. The van der Waals surface area contributed by atoms with Gasteiger partial charge >= 0.3 is 0 Å². The molecule has 17 heavy (non-hydrogen) atoms. The summed E-state index contributed by atoms with van der Waals surface area (Å²) in [6, 6.07) is 2.17. The van der Waals surface area contributed by atoms with E-state index in [1.807, 2.05) is 18.0 Å². The van der Waals surface area contributed by atoms with E-state index in [0.29, 0.717) is 16.4 Å². The Bertz CT molecular complexity index is 349. The molecule has 0 radical (unpaired) electrons. The first kappa shape index (κ1) is 14.9. The highest BCUT2D eigenvalue weighted by Crippen LogP contribution is 2.18. The summed E-state index contributed by atoms with van der Waals surface area (Å²) < 4.78 is 0. The Morgan fingerprint density at radius 3 is 2.88 bits per heavy atom. The van der Waals surface area contributed by atoms with Gasteiger partial charge < -0.3 is 5.32 Å². The molecule has 1 heterocycles. The summed E-state index contributed by atoms with van der Waals surface area (Å²) in [4.78, 5) is 8.48. The SMILES string of the molecule is CCSCCC(C)Nc1cc(Cl)nc(SC)n1. The van der Waals surface area contributed by atoms with E-state index in [9.17, 15) is 0 Å². The quantitative estimate of drug-likeness (QED) is 0.358. The monoisotopic (exact) mass is 291 g/mol. The summed E-state index contributed by atoms with van der Waals surface area (Å²) in [7, 11) is 0. The van der Waals surface area contributed by atoms with E-state index >= 15 is 0 Å². The lowest BCUT2D eigenvalue weighted by molar-refractivity contribution is 0.761. The molecule has 1 N–H and O–H groups in total. The molecule has 6 heteroatoms. The highest BCUT2D eigenvalue weighted by molar-refractivity contribution is 7.99. The van der Waals surface area contributed by atoms with E-state index in [2.05, 4.69) is 29.1 Å². The summed E-state index contributed by atoms with van der Waals surface area (Å²) in [5, 5.41) is 4.55. The van der Waals surface area contributed by atoms with Crippen LogP contribution in [0.3, 0.4) is 0 Å². The zero-order valence-electron chi connectivity index (χ0n) is 10.4. The molecule has 0 spiro atoms. The highest BCUT2D eigenvalue weighted by Gasteiger charge is 2.06. The first-order valence-electron chi connectivity index (χ1n) is 5.58. The molecule has 1 aromatic heterocycles. The molecule has 1 unspecified atom stereocenters. The normalized spacial score (nSPS) is 12.5. The zero-order chi connectivity index (χ0) is 12.7. The van der Waals surface area contributed by atoms with Crippen LogP contribution in [0.4, 0.5) is 5.82 Å². The number of rotatable bonds is 7. The first-order chi connectivity index (χ1) is 8.15. The Morgan fingerprint density at radius 2 is 2.24 bits per heavy atom. The van der Waals surface area contributed by atoms with Gasteiger partial charge in [0.05, 0.1) is 0 Å². The molecule has 0 aliphatic carbocycles. The second-order valence-corrected chi connectivity index (χ2v) is 6.15. The predicted octanol–water partition coefficient (Wildman–Crippen LogP) is 3.80. The maximum atomic E-state index is 5.93. The van der Waals surface area contributed by atoms with E-state index in [4.69, 9.17) is 11.6 Å². The standard InChI is InChI=1S/C11H18ClN3S2/c1-4-17-6-5-8(2)13-10-7-9(12)14-11(15-10)16-3/h7-8H,4-6H2,1-3H3,(H,13,14,15). The van der Waals surface area contributed by atoms with Crippen LogP contribution in [-0.4, -0.2) is 33.8 Å². The van der Waals surface area contributed by atoms with E-state index in [1.54, 1.807) is 6.07 Å². The molecule has 0 fully saturated rings. The van der Waals surface area contributed by atoms with Gasteiger partial charge in [0.15, 0.2) is 5.16 Å². The highest BCUT2D eigenvalue weighted by atomic mass is 35.5. The molecule has 1 atom stereocenters. The average molecular weight is 292 g/mol. The fourth-order valence-corrected chi connectivity index (χ4v) is 2.71. The van der Waals surface area contributed by atoms with Crippen LogP contribution in [0.5, 0.6) is 0 Å². The molecular weight excluding hydrogens is 274 g/mol. The van der Waals surface area contributed by atoms with Crippen molar-refractivity contribution in [3.05, 3.63) is 11.2 Å². The lowest BCUT2D eigenvalue weighted by atomic mass is 10.2. The van der Waals surface area contributed by atoms with Gasteiger partial charge in [0.25, 0.3) is 0 Å².